The maximum Gasteiger partial charge on any atom is 0.0372 e. The Morgan fingerprint density at radius 3 is 2.73 bits per heavy atom. The van der Waals surface area contributed by atoms with Crippen LogP contribution < -0.4 is 5.32 Å². The van der Waals surface area contributed by atoms with Crippen molar-refractivity contribution in [1.82, 2.24) is 0 Å². The lowest BCUT2D eigenvalue weighted by Gasteiger charge is -2.10. The molecular formula is C13H21NS. The lowest BCUT2D eigenvalue weighted by molar-refractivity contribution is 0.842. The van der Waals surface area contributed by atoms with E-state index in [9.17, 15) is 0 Å². The van der Waals surface area contributed by atoms with Crippen LogP contribution in [0.4, 0.5) is 5.69 Å². The van der Waals surface area contributed by atoms with Gasteiger partial charge in [-0.2, -0.15) is 11.8 Å². The molecule has 0 aromatic heterocycles. The van der Waals surface area contributed by atoms with E-state index in [1.807, 2.05) is 11.8 Å². The summed E-state index contributed by atoms with van der Waals surface area (Å²) in [5.74, 6) is 1.27. The van der Waals surface area contributed by atoms with E-state index in [4.69, 9.17) is 0 Å². The molecule has 15 heavy (non-hydrogen) atoms. The van der Waals surface area contributed by atoms with E-state index < -0.39 is 0 Å². The number of unbranched alkanes of at least 4 members (excludes halogenated alkanes) is 1. The number of para-hydroxylation sites is 1. The SMILES string of the molecule is CCc1ccccc1NCCCCSC. The highest BCUT2D eigenvalue weighted by atomic mass is 32.2. The van der Waals surface area contributed by atoms with Gasteiger partial charge in [0, 0.05) is 12.2 Å². The first-order valence-corrected chi connectivity index (χ1v) is 7.08. The van der Waals surface area contributed by atoms with Crippen LogP contribution in [0.2, 0.25) is 0 Å². The fourth-order valence-corrected chi connectivity index (χ4v) is 2.09. The van der Waals surface area contributed by atoms with Crippen LogP contribution in [0.25, 0.3) is 0 Å². The predicted octanol–water partition coefficient (Wildman–Crippen LogP) is 3.80. The smallest absolute Gasteiger partial charge is 0.0372 e. The average molecular weight is 223 g/mol. The Balaban J connectivity index is 2.30. The normalized spacial score (nSPS) is 10.3. The summed E-state index contributed by atoms with van der Waals surface area (Å²) in [5, 5.41) is 3.51. The van der Waals surface area contributed by atoms with Crippen molar-refractivity contribution < 1.29 is 0 Å². The molecule has 0 unspecified atom stereocenters. The number of anilines is 1. The van der Waals surface area contributed by atoms with Crippen molar-refractivity contribution in [2.75, 3.05) is 23.9 Å². The number of thioether (sulfide) groups is 1. The van der Waals surface area contributed by atoms with Crippen molar-refractivity contribution in [2.24, 2.45) is 0 Å². The predicted molar refractivity (Wildman–Crippen MR) is 71.9 cm³/mol. The van der Waals surface area contributed by atoms with E-state index in [0.29, 0.717) is 0 Å². The van der Waals surface area contributed by atoms with Crippen molar-refractivity contribution in [1.29, 1.82) is 0 Å². The number of hydrogen-bond donors (Lipinski definition) is 1. The highest BCUT2D eigenvalue weighted by Crippen LogP contribution is 2.15. The number of nitrogens with one attached hydrogen (secondary N) is 1. The summed E-state index contributed by atoms with van der Waals surface area (Å²) in [6.07, 6.45) is 5.84. The maximum atomic E-state index is 3.51. The first kappa shape index (κ1) is 12.4. The van der Waals surface area contributed by atoms with Gasteiger partial charge in [0.15, 0.2) is 0 Å². The Morgan fingerprint density at radius 1 is 1.20 bits per heavy atom. The Labute approximate surface area is 97.7 Å². The molecule has 0 fully saturated rings. The van der Waals surface area contributed by atoms with E-state index in [1.165, 1.54) is 29.8 Å². The minimum Gasteiger partial charge on any atom is -0.385 e. The van der Waals surface area contributed by atoms with E-state index in [0.717, 1.165) is 13.0 Å². The fourth-order valence-electron chi connectivity index (χ4n) is 1.60. The van der Waals surface area contributed by atoms with Gasteiger partial charge >= 0.3 is 0 Å². The minimum absolute atomic E-state index is 1.09. The second-order valence-electron chi connectivity index (χ2n) is 3.64. The molecule has 1 aromatic rings. The van der Waals surface area contributed by atoms with Crippen LogP contribution in [0.3, 0.4) is 0 Å². The molecule has 0 atom stereocenters. The molecular weight excluding hydrogens is 202 g/mol. The summed E-state index contributed by atoms with van der Waals surface area (Å²) >= 11 is 1.93. The van der Waals surface area contributed by atoms with Crippen LogP contribution in [0.5, 0.6) is 0 Å². The van der Waals surface area contributed by atoms with Crippen molar-refractivity contribution >= 4 is 17.4 Å². The molecule has 0 amide bonds. The molecule has 1 nitrogen and oxygen atoms in total. The Kier molecular flexibility index (Phi) is 6.33. The van der Waals surface area contributed by atoms with Gasteiger partial charge in [-0.25, -0.2) is 0 Å². The van der Waals surface area contributed by atoms with Crippen LogP contribution in [0, 0.1) is 0 Å². The molecule has 1 aromatic carbocycles. The van der Waals surface area contributed by atoms with Crippen molar-refractivity contribution in [3.05, 3.63) is 29.8 Å². The Hall–Kier alpha value is -0.630. The van der Waals surface area contributed by atoms with Gasteiger partial charge < -0.3 is 5.32 Å². The zero-order valence-electron chi connectivity index (χ0n) is 9.75. The van der Waals surface area contributed by atoms with Crippen molar-refractivity contribution in [2.45, 2.75) is 26.2 Å². The largest absolute Gasteiger partial charge is 0.385 e. The van der Waals surface area contributed by atoms with E-state index in [-0.39, 0.29) is 0 Å². The first-order chi connectivity index (χ1) is 7.38. The monoisotopic (exact) mass is 223 g/mol. The molecule has 0 aliphatic carbocycles. The molecule has 2 heteroatoms. The maximum absolute atomic E-state index is 3.51. The first-order valence-electron chi connectivity index (χ1n) is 5.69. The van der Waals surface area contributed by atoms with Crippen LogP contribution in [-0.4, -0.2) is 18.6 Å². The second-order valence-corrected chi connectivity index (χ2v) is 4.62. The molecule has 0 saturated carbocycles. The van der Waals surface area contributed by atoms with Crippen molar-refractivity contribution in [3.63, 3.8) is 0 Å². The lowest BCUT2D eigenvalue weighted by atomic mass is 10.1. The molecule has 0 bridgehead atoms. The van der Waals surface area contributed by atoms with Gasteiger partial charge in [-0.05, 0) is 42.9 Å². The van der Waals surface area contributed by atoms with Crippen molar-refractivity contribution in [3.8, 4) is 0 Å². The summed E-state index contributed by atoms with van der Waals surface area (Å²) in [4.78, 5) is 0. The quantitative estimate of drug-likeness (QED) is 0.706. The molecule has 0 saturated heterocycles. The highest BCUT2D eigenvalue weighted by Gasteiger charge is 1.97. The fraction of sp³-hybridized carbons (Fsp3) is 0.538. The lowest BCUT2D eigenvalue weighted by Crippen LogP contribution is -2.04. The zero-order valence-corrected chi connectivity index (χ0v) is 10.6. The van der Waals surface area contributed by atoms with E-state index >= 15 is 0 Å². The van der Waals surface area contributed by atoms with Gasteiger partial charge in [0.2, 0.25) is 0 Å². The topological polar surface area (TPSA) is 12.0 Å². The standard InChI is InChI=1S/C13H21NS/c1-3-12-8-4-5-9-13(12)14-10-6-7-11-15-2/h4-5,8-9,14H,3,6-7,10-11H2,1-2H3. The minimum atomic E-state index is 1.09. The number of benzene rings is 1. The summed E-state index contributed by atoms with van der Waals surface area (Å²) < 4.78 is 0. The molecule has 0 aliphatic heterocycles. The van der Waals surface area contributed by atoms with Gasteiger partial charge in [0.05, 0.1) is 0 Å². The van der Waals surface area contributed by atoms with Gasteiger partial charge in [0.1, 0.15) is 0 Å². The number of rotatable bonds is 7. The van der Waals surface area contributed by atoms with E-state index in [1.54, 1.807) is 0 Å². The van der Waals surface area contributed by atoms with Gasteiger partial charge in [-0.1, -0.05) is 25.1 Å². The summed E-state index contributed by atoms with van der Waals surface area (Å²) in [5.41, 5.74) is 2.73. The molecule has 1 rings (SSSR count). The molecule has 84 valence electrons. The summed E-state index contributed by atoms with van der Waals surface area (Å²) in [6, 6.07) is 8.58. The number of hydrogen-bond acceptors (Lipinski definition) is 2. The van der Waals surface area contributed by atoms with Crippen LogP contribution in [0.15, 0.2) is 24.3 Å². The van der Waals surface area contributed by atoms with E-state index in [2.05, 4.69) is 42.8 Å². The summed E-state index contributed by atoms with van der Waals surface area (Å²) in [6.45, 7) is 3.30. The molecule has 0 radical (unpaired) electrons. The third-order valence-electron chi connectivity index (χ3n) is 2.49. The second kappa shape index (κ2) is 7.63. The molecule has 0 heterocycles. The average Bonchev–Trinajstić information content (AvgIpc) is 2.29. The third-order valence-corrected chi connectivity index (χ3v) is 3.19. The molecule has 0 aliphatic rings. The third kappa shape index (κ3) is 4.61. The molecule has 0 spiro atoms. The zero-order chi connectivity index (χ0) is 10.9. The van der Waals surface area contributed by atoms with Gasteiger partial charge in [-0.3, -0.25) is 0 Å². The van der Waals surface area contributed by atoms with Crippen LogP contribution in [0.1, 0.15) is 25.3 Å². The Bertz CT molecular complexity index is 273. The van der Waals surface area contributed by atoms with Crippen LogP contribution >= 0.6 is 11.8 Å². The van der Waals surface area contributed by atoms with Crippen LogP contribution in [-0.2, 0) is 6.42 Å². The highest BCUT2D eigenvalue weighted by molar-refractivity contribution is 7.98. The van der Waals surface area contributed by atoms with Gasteiger partial charge in [-0.15, -0.1) is 0 Å². The van der Waals surface area contributed by atoms with Gasteiger partial charge in [0.25, 0.3) is 0 Å². The molecule has 1 N–H and O–H groups in total. The summed E-state index contributed by atoms with van der Waals surface area (Å²) in [7, 11) is 0. The number of aryl methyl sites for hydroxylation is 1. The Morgan fingerprint density at radius 2 is 2.00 bits per heavy atom.